The highest BCUT2D eigenvalue weighted by molar-refractivity contribution is 7.15. The van der Waals surface area contributed by atoms with E-state index in [1.165, 1.54) is 26.4 Å². The van der Waals surface area contributed by atoms with Crippen LogP contribution in [0.25, 0.3) is 5.00 Å². The first-order chi connectivity index (χ1) is 9.43. The van der Waals surface area contributed by atoms with Crippen LogP contribution in [0.2, 0.25) is 0 Å². The molecular weight excluding hydrogens is 288 g/mol. The van der Waals surface area contributed by atoms with Gasteiger partial charge < -0.3 is 9.84 Å². The maximum absolute atomic E-state index is 11.3. The highest BCUT2D eigenvalue weighted by Gasteiger charge is 2.24. The van der Waals surface area contributed by atoms with E-state index in [0.717, 1.165) is 16.0 Å². The van der Waals surface area contributed by atoms with E-state index in [-0.39, 0.29) is 16.5 Å². The van der Waals surface area contributed by atoms with Gasteiger partial charge in [-0.25, -0.2) is 14.5 Å². The van der Waals surface area contributed by atoms with Gasteiger partial charge in [-0.3, -0.25) is 10.1 Å². The van der Waals surface area contributed by atoms with E-state index < -0.39 is 17.0 Å². The standard InChI is InChI=1S/C10H10N4O5S/c1-5(15)7-3-6(14(17)18)9(20-7)13-4-11-8(12-13)10(16)19-2/h3-5,15H,1-2H3/t5-/m1/s1. The first-order valence-electron chi connectivity index (χ1n) is 5.40. The van der Waals surface area contributed by atoms with E-state index >= 15 is 0 Å². The van der Waals surface area contributed by atoms with Crippen LogP contribution in [0.1, 0.15) is 28.5 Å². The topological polar surface area (TPSA) is 120 Å². The zero-order valence-corrected chi connectivity index (χ0v) is 11.3. The second-order valence-corrected chi connectivity index (χ2v) is 4.84. The lowest BCUT2D eigenvalue weighted by Gasteiger charge is -1.96. The van der Waals surface area contributed by atoms with Crippen molar-refractivity contribution in [3.63, 3.8) is 0 Å². The first-order valence-corrected chi connectivity index (χ1v) is 6.22. The Labute approximate surface area is 116 Å². The number of thiophene rings is 1. The molecule has 0 fully saturated rings. The fourth-order valence-corrected chi connectivity index (χ4v) is 2.42. The molecule has 0 bridgehead atoms. The average molecular weight is 298 g/mol. The molecule has 2 heterocycles. The summed E-state index contributed by atoms with van der Waals surface area (Å²) in [6.45, 7) is 1.50. The van der Waals surface area contributed by atoms with Crippen molar-refractivity contribution in [1.29, 1.82) is 0 Å². The SMILES string of the molecule is COC(=O)c1ncn(-c2sc([C@@H](C)O)cc2[N+](=O)[O-])n1. The van der Waals surface area contributed by atoms with E-state index in [9.17, 15) is 20.0 Å². The van der Waals surface area contributed by atoms with Gasteiger partial charge in [0.1, 0.15) is 6.33 Å². The summed E-state index contributed by atoms with van der Waals surface area (Å²) in [6, 6.07) is 1.27. The number of aliphatic hydroxyl groups excluding tert-OH is 1. The normalized spacial score (nSPS) is 12.2. The average Bonchev–Trinajstić information content (AvgIpc) is 3.03. The Morgan fingerprint density at radius 2 is 2.35 bits per heavy atom. The van der Waals surface area contributed by atoms with Gasteiger partial charge >= 0.3 is 11.7 Å². The van der Waals surface area contributed by atoms with Crippen molar-refractivity contribution in [2.75, 3.05) is 7.11 Å². The molecule has 0 saturated heterocycles. The second-order valence-electron chi connectivity index (χ2n) is 3.78. The lowest BCUT2D eigenvalue weighted by molar-refractivity contribution is -0.384. The fourth-order valence-electron chi connectivity index (χ4n) is 1.44. The highest BCUT2D eigenvalue weighted by Crippen LogP contribution is 2.35. The molecule has 0 aromatic carbocycles. The molecule has 0 unspecified atom stereocenters. The molecule has 2 aromatic heterocycles. The number of ether oxygens (including phenoxy) is 1. The van der Waals surface area contributed by atoms with Crippen LogP contribution < -0.4 is 0 Å². The lowest BCUT2D eigenvalue weighted by atomic mass is 10.3. The second kappa shape index (κ2) is 5.35. The number of methoxy groups -OCH3 is 1. The van der Waals surface area contributed by atoms with E-state index in [4.69, 9.17) is 0 Å². The number of nitrogens with zero attached hydrogens (tertiary/aromatic N) is 4. The van der Waals surface area contributed by atoms with E-state index in [2.05, 4.69) is 14.8 Å². The number of hydrogen-bond acceptors (Lipinski definition) is 8. The molecule has 2 rings (SSSR count). The minimum atomic E-state index is -0.837. The highest BCUT2D eigenvalue weighted by atomic mass is 32.1. The number of aliphatic hydroxyl groups is 1. The fraction of sp³-hybridized carbons (Fsp3) is 0.300. The molecule has 1 N–H and O–H groups in total. The maximum Gasteiger partial charge on any atom is 0.377 e. The number of hydrogen-bond donors (Lipinski definition) is 1. The molecular formula is C10H10N4O5S. The molecule has 9 nitrogen and oxygen atoms in total. The molecule has 106 valence electrons. The molecule has 0 aliphatic heterocycles. The number of esters is 1. The third-order valence-corrected chi connectivity index (χ3v) is 3.67. The van der Waals surface area contributed by atoms with Crippen LogP contribution >= 0.6 is 11.3 Å². The van der Waals surface area contributed by atoms with Gasteiger partial charge in [0, 0.05) is 10.9 Å². The van der Waals surface area contributed by atoms with Gasteiger partial charge in [0.05, 0.1) is 18.1 Å². The van der Waals surface area contributed by atoms with Crippen LogP contribution in [-0.2, 0) is 4.74 Å². The van der Waals surface area contributed by atoms with Gasteiger partial charge in [-0.15, -0.1) is 16.4 Å². The van der Waals surface area contributed by atoms with Gasteiger partial charge in [-0.2, -0.15) is 0 Å². The summed E-state index contributed by atoms with van der Waals surface area (Å²) in [4.78, 5) is 25.8. The van der Waals surface area contributed by atoms with Crippen molar-refractivity contribution < 1.29 is 19.6 Å². The quantitative estimate of drug-likeness (QED) is 0.509. The van der Waals surface area contributed by atoms with Gasteiger partial charge in [0.2, 0.25) is 0 Å². The molecule has 20 heavy (non-hydrogen) atoms. The number of carbonyl (C=O) groups excluding carboxylic acids is 1. The zero-order chi connectivity index (χ0) is 14.9. The Balaban J connectivity index is 2.48. The summed E-state index contributed by atoms with van der Waals surface area (Å²) in [6.07, 6.45) is 0.340. The van der Waals surface area contributed by atoms with Crippen molar-refractivity contribution >= 4 is 23.0 Å². The molecule has 0 radical (unpaired) electrons. The minimum Gasteiger partial charge on any atom is -0.463 e. The lowest BCUT2D eigenvalue weighted by Crippen LogP contribution is -2.05. The van der Waals surface area contributed by atoms with E-state index in [1.54, 1.807) is 0 Å². The monoisotopic (exact) mass is 298 g/mol. The third-order valence-electron chi connectivity index (χ3n) is 2.39. The summed E-state index contributed by atoms with van der Waals surface area (Å²) >= 11 is 0.998. The Kier molecular flexibility index (Phi) is 3.77. The molecule has 0 aliphatic carbocycles. The molecule has 2 aromatic rings. The molecule has 0 aliphatic rings. The molecule has 10 heteroatoms. The van der Waals surface area contributed by atoms with Crippen molar-refractivity contribution in [3.05, 3.63) is 33.2 Å². The number of aromatic nitrogens is 3. The molecule has 0 amide bonds. The summed E-state index contributed by atoms with van der Waals surface area (Å²) in [5, 5.41) is 24.5. The third kappa shape index (κ3) is 2.51. The number of carbonyl (C=O) groups is 1. The van der Waals surface area contributed by atoms with Crippen LogP contribution in [0.3, 0.4) is 0 Å². The summed E-state index contributed by atoms with van der Waals surface area (Å²) in [5.74, 6) is -0.937. The Bertz CT molecular complexity index is 662. The van der Waals surface area contributed by atoms with Crippen molar-refractivity contribution in [2.24, 2.45) is 0 Å². The minimum absolute atomic E-state index is 0.161. The van der Waals surface area contributed by atoms with Crippen LogP contribution in [-0.4, -0.2) is 37.9 Å². The van der Waals surface area contributed by atoms with Crippen LogP contribution in [0.15, 0.2) is 12.4 Å². The van der Waals surface area contributed by atoms with Gasteiger partial charge in [0.25, 0.3) is 5.82 Å². The van der Waals surface area contributed by atoms with Gasteiger partial charge in [-0.1, -0.05) is 0 Å². The Hall–Kier alpha value is -2.33. The summed E-state index contributed by atoms with van der Waals surface area (Å²) in [7, 11) is 1.18. The van der Waals surface area contributed by atoms with Crippen molar-refractivity contribution in [3.8, 4) is 5.00 Å². The van der Waals surface area contributed by atoms with Crippen LogP contribution in [0.5, 0.6) is 0 Å². The Morgan fingerprint density at radius 1 is 1.65 bits per heavy atom. The van der Waals surface area contributed by atoms with Crippen molar-refractivity contribution in [2.45, 2.75) is 13.0 Å². The van der Waals surface area contributed by atoms with E-state index in [1.807, 2.05) is 0 Å². The summed E-state index contributed by atoms with van der Waals surface area (Å²) < 4.78 is 5.57. The van der Waals surface area contributed by atoms with Gasteiger partial charge in [-0.05, 0) is 6.92 Å². The van der Waals surface area contributed by atoms with Gasteiger partial charge in [0.15, 0.2) is 5.00 Å². The molecule has 0 spiro atoms. The molecule has 0 saturated carbocycles. The smallest absolute Gasteiger partial charge is 0.377 e. The molecule has 1 atom stereocenters. The Morgan fingerprint density at radius 3 is 2.90 bits per heavy atom. The number of rotatable bonds is 4. The summed E-state index contributed by atoms with van der Waals surface area (Å²) in [5.41, 5.74) is -0.216. The predicted octanol–water partition coefficient (Wildman–Crippen LogP) is 1.08. The van der Waals surface area contributed by atoms with Crippen LogP contribution in [0.4, 0.5) is 5.69 Å². The number of nitro groups is 1. The van der Waals surface area contributed by atoms with Crippen LogP contribution in [0, 0.1) is 10.1 Å². The first kappa shape index (κ1) is 14.1. The predicted molar refractivity (Wildman–Crippen MR) is 67.9 cm³/mol. The zero-order valence-electron chi connectivity index (χ0n) is 10.5. The maximum atomic E-state index is 11.3. The largest absolute Gasteiger partial charge is 0.463 e. The van der Waals surface area contributed by atoms with E-state index in [0.29, 0.717) is 4.88 Å². The van der Waals surface area contributed by atoms with Crippen molar-refractivity contribution in [1.82, 2.24) is 14.8 Å².